The highest BCUT2D eigenvalue weighted by Gasteiger charge is 2.28. The van der Waals surface area contributed by atoms with Gasteiger partial charge in [-0.15, -0.1) is 0 Å². The molecule has 2 fully saturated rings. The lowest BCUT2D eigenvalue weighted by molar-refractivity contribution is 0.0812. The number of piperidine rings is 1. The van der Waals surface area contributed by atoms with Gasteiger partial charge >= 0.3 is 0 Å². The molecule has 0 bridgehead atoms. The first-order valence-electron chi connectivity index (χ1n) is 10.5. The zero-order valence-electron chi connectivity index (χ0n) is 17.5. The van der Waals surface area contributed by atoms with Gasteiger partial charge in [-0.3, -0.25) is 9.69 Å². The minimum Gasteiger partial charge on any atom is -0.493 e. The number of hydrogen-bond acceptors (Lipinski definition) is 7. The molecule has 0 saturated carbocycles. The van der Waals surface area contributed by atoms with Gasteiger partial charge in [0.05, 0.1) is 19.1 Å². The van der Waals surface area contributed by atoms with Crippen LogP contribution in [0.25, 0.3) is 0 Å². The van der Waals surface area contributed by atoms with Crippen molar-refractivity contribution < 1.29 is 14.3 Å². The molecule has 0 radical (unpaired) electrons. The molecule has 3 heterocycles. The van der Waals surface area contributed by atoms with Crippen molar-refractivity contribution in [1.82, 2.24) is 9.88 Å². The molecule has 0 unspecified atom stereocenters. The number of carbonyl (C=O) groups is 1. The van der Waals surface area contributed by atoms with Gasteiger partial charge in [0.2, 0.25) is 0 Å². The first kappa shape index (κ1) is 21.4. The Hall–Kier alpha value is -1.83. The van der Waals surface area contributed by atoms with Crippen LogP contribution in [0.3, 0.4) is 0 Å². The molecule has 8 heteroatoms. The van der Waals surface area contributed by atoms with E-state index in [-0.39, 0.29) is 11.7 Å². The zero-order chi connectivity index (χ0) is 21.1. The number of methoxy groups -OCH3 is 2. The number of likely N-dealkylation sites (tertiary alicyclic amines) is 1. The summed E-state index contributed by atoms with van der Waals surface area (Å²) in [5, 5.41) is 1.64. The van der Waals surface area contributed by atoms with Gasteiger partial charge in [0, 0.05) is 37.7 Å². The van der Waals surface area contributed by atoms with E-state index in [1.165, 1.54) is 12.8 Å². The molecule has 1 aromatic heterocycles. The van der Waals surface area contributed by atoms with Crippen LogP contribution in [0.1, 0.15) is 40.9 Å². The van der Waals surface area contributed by atoms with Gasteiger partial charge in [-0.1, -0.05) is 22.9 Å². The van der Waals surface area contributed by atoms with Crippen molar-refractivity contribution in [2.24, 2.45) is 5.92 Å². The van der Waals surface area contributed by atoms with E-state index < -0.39 is 0 Å². The summed E-state index contributed by atoms with van der Waals surface area (Å²) in [5.74, 6) is 1.35. The lowest BCUT2D eigenvalue weighted by atomic mass is 9.90. The Balaban J connectivity index is 1.43. The van der Waals surface area contributed by atoms with E-state index in [0.29, 0.717) is 22.2 Å². The van der Waals surface area contributed by atoms with Crippen molar-refractivity contribution >= 4 is 33.9 Å². The third kappa shape index (κ3) is 4.58. The molecule has 2 saturated heterocycles. The van der Waals surface area contributed by atoms with Crippen molar-refractivity contribution in [3.63, 3.8) is 0 Å². The smallest absolute Gasteiger partial charge is 0.187 e. The second-order valence-electron chi connectivity index (χ2n) is 7.91. The fourth-order valence-electron chi connectivity index (χ4n) is 4.30. The molecule has 0 aliphatic carbocycles. The van der Waals surface area contributed by atoms with Crippen LogP contribution in [0.5, 0.6) is 11.5 Å². The number of thiazole rings is 1. The molecule has 162 valence electrons. The topological polar surface area (TPSA) is 54.9 Å². The Morgan fingerprint density at radius 3 is 2.67 bits per heavy atom. The number of ether oxygens (including phenoxy) is 2. The highest BCUT2D eigenvalue weighted by Crippen LogP contribution is 2.34. The molecular weight excluding hydrogens is 422 g/mol. The molecular formula is C22H28ClN3O3S. The lowest BCUT2D eigenvalue weighted by Crippen LogP contribution is -2.38. The second-order valence-corrected chi connectivity index (χ2v) is 9.33. The number of rotatable bonds is 7. The summed E-state index contributed by atoms with van der Waals surface area (Å²) in [4.78, 5) is 23.5. The number of anilines is 1. The van der Waals surface area contributed by atoms with Gasteiger partial charge in [0.1, 0.15) is 5.15 Å². The number of Topliss-reactive ketones (excluding diaryl/α,β-unsaturated/α-hetero) is 1. The third-order valence-electron chi connectivity index (χ3n) is 5.93. The van der Waals surface area contributed by atoms with Crippen molar-refractivity contribution in [1.29, 1.82) is 0 Å². The molecule has 1 aromatic carbocycles. The molecule has 4 rings (SSSR count). The van der Waals surface area contributed by atoms with Crippen molar-refractivity contribution in [2.75, 3.05) is 45.3 Å². The van der Waals surface area contributed by atoms with Crippen LogP contribution in [-0.2, 0) is 6.54 Å². The summed E-state index contributed by atoms with van der Waals surface area (Å²) in [7, 11) is 3.18. The molecule has 2 aliphatic rings. The van der Waals surface area contributed by atoms with E-state index in [9.17, 15) is 4.79 Å². The molecule has 0 amide bonds. The number of benzene rings is 1. The first-order chi connectivity index (χ1) is 14.6. The van der Waals surface area contributed by atoms with E-state index in [4.69, 9.17) is 21.1 Å². The zero-order valence-corrected chi connectivity index (χ0v) is 19.1. The average molecular weight is 450 g/mol. The maximum Gasteiger partial charge on any atom is 0.187 e. The van der Waals surface area contributed by atoms with Crippen LogP contribution in [-0.4, -0.2) is 56.1 Å². The highest BCUT2D eigenvalue weighted by molar-refractivity contribution is 7.16. The van der Waals surface area contributed by atoms with Crippen LogP contribution >= 0.6 is 22.9 Å². The van der Waals surface area contributed by atoms with Crippen molar-refractivity contribution in [3.8, 4) is 11.5 Å². The van der Waals surface area contributed by atoms with E-state index in [0.717, 1.165) is 55.6 Å². The fourth-order valence-corrected chi connectivity index (χ4v) is 5.66. The highest BCUT2D eigenvalue weighted by atomic mass is 35.5. The Morgan fingerprint density at radius 1 is 1.17 bits per heavy atom. The summed E-state index contributed by atoms with van der Waals surface area (Å²) < 4.78 is 10.6. The Morgan fingerprint density at radius 2 is 1.93 bits per heavy atom. The van der Waals surface area contributed by atoms with E-state index in [2.05, 4.69) is 14.8 Å². The standard InChI is InChI=1S/C22H28ClN3O3S/c1-28-17-8-7-15(12-18(17)29-2)20(27)16-6-5-9-25(13-16)14-19-21(23)24-22(30-19)26-10-3-4-11-26/h7-8,12,16H,3-6,9-11,13-14H2,1-2H3/t16-/m1/s1. The SMILES string of the molecule is COc1ccc(C(=O)[C@@H]2CCCN(Cc3sc(N4CCCC4)nc3Cl)C2)cc1OC. The summed E-state index contributed by atoms with van der Waals surface area (Å²) >= 11 is 8.14. The molecule has 0 N–H and O–H groups in total. The number of carbonyl (C=O) groups excluding carboxylic acids is 1. The largest absolute Gasteiger partial charge is 0.493 e. The molecule has 2 aliphatic heterocycles. The van der Waals surface area contributed by atoms with E-state index in [1.54, 1.807) is 37.7 Å². The predicted molar refractivity (Wildman–Crippen MR) is 120 cm³/mol. The van der Waals surface area contributed by atoms with Gasteiger partial charge < -0.3 is 14.4 Å². The normalized spacial score (nSPS) is 19.8. The average Bonchev–Trinajstić information content (AvgIpc) is 3.43. The minimum atomic E-state index is -0.0263. The van der Waals surface area contributed by atoms with Gasteiger partial charge in [0.15, 0.2) is 22.4 Å². The van der Waals surface area contributed by atoms with Crippen molar-refractivity contribution in [3.05, 3.63) is 33.8 Å². The van der Waals surface area contributed by atoms with Gasteiger partial charge in [0.25, 0.3) is 0 Å². The second kappa shape index (κ2) is 9.54. The molecule has 30 heavy (non-hydrogen) atoms. The quantitative estimate of drug-likeness (QED) is 0.580. The van der Waals surface area contributed by atoms with Crippen LogP contribution in [0.4, 0.5) is 5.13 Å². The monoisotopic (exact) mass is 449 g/mol. The summed E-state index contributed by atoms with van der Waals surface area (Å²) in [6, 6.07) is 5.40. The van der Waals surface area contributed by atoms with Crippen LogP contribution in [0.2, 0.25) is 5.15 Å². The predicted octanol–water partition coefficient (Wildman–Crippen LogP) is 4.51. The molecule has 2 aromatic rings. The number of hydrogen-bond donors (Lipinski definition) is 0. The first-order valence-corrected chi connectivity index (χ1v) is 11.7. The number of halogens is 1. The van der Waals surface area contributed by atoms with Gasteiger partial charge in [-0.2, -0.15) is 0 Å². The molecule has 1 atom stereocenters. The fraction of sp³-hybridized carbons (Fsp3) is 0.545. The van der Waals surface area contributed by atoms with Crippen LogP contribution in [0, 0.1) is 5.92 Å². The van der Waals surface area contributed by atoms with Crippen LogP contribution in [0.15, 0.2) is 18.2 Å². The lowest BCUT2D eigenvalue weighted by Gasteiger charge is -2.31. The Kier molecular flexibility index (Phi) is 6.80. The Bertz CT molecular complexity index is 898. The number of aromatic nitrogens is 1. The van der Waals surface area contributed by atoms with E-state index >= 15 is 0 Å². The van der Waals surface area contributed by atoms with Crippen LogP contribution < -0.4 is 14.4 Å². The number of ketones is 1. The molecule has 6 nitrogen and oxygen atoms in total. The maximum absolute atomic E-state index is 13.1. The molecule has 0 spiro atoms. The summed E-state index contributed by atoms with van der Waals surface area (Å²) in [6.45, 7) is 4.59. The Labute approximate surface area is 186 Å². The van der Waals surface area contributed by atoms with Crippen molar-refractivity contribution in [2.45, 2.75) is 32.2 Å². The van der Waals surface area contributed by atoms with Gasteiger partial charge in [-0.05, 0) is 50.4 Å². The summed E-state index contributed by atoms with van der Waals surface area (Å²) in [5.41, 5.74) is 0.673. The number of nitrogens with zero attached hydrogens (tertiary/aromatic N) is 3. The third-order valence-corrected chi connectivity index (χ3v) is 7.45. The van der Waals surface area contributed by atoms with Gasteiger partial charge in [-0.25, -0.2) is 4.98 Å². The summed E-state index contributed by atoms with van der Waals surface area (Å²) in [6.07, 6.45) is 4.34. The van der Waals surface area contributed by atoms with E-state index in [1.807, 2.05) is 6.07 Å². The maximum atomic E-state index is 13.1. The minimum absolute atomic E-state index is 0.0263.